The van der Waals surface area contributed by atoms with Crippen molar-refractivity contribution in [1.29, 1.82) is 0 Å². The lowest BCUT2D eigenvalue weighted by atomic mass is 10.0. The van der Waals surface area contributed by atoms with Crippen molar-refractivity contribution < 1.29 is 37.3 Å². The molecule has 0 aliphatic carbocycles. The van der Waals surface area contributed by atoms with Gasteiger partial charge in [0.2, 0.25) is 5.91 Å². The molecule has 1 amide bonds. The number of unbranched alkanes of at least 4 members (excludes halogenated alkanes) is 29. The first kappa shape index (κ1) is 66.0. The fourth-order valence-electron chi connectivity index (χ4n) is 8.08. The van der Waals surface area contributed by atoms with E-state index in [9.17, 15) is 19.0 Å². The first-order valence-electron chi connectivity index (χ1n) is 28.4. The molecule has 68 heavy (non-hydrogen) atoms. The summed E-state index contributed by atoms with van der Waals surface area (Å²) in [5, 5.41) is 3.02. The number of hydrogen-bond acceptors (Lipinski definition) is 7. The summed E-state index contributed by atoms with van der Waals surface area (Å²) in [6, 6.07) is -0.891. The van der Waals surface area contributed by atoms with Crippen molar-refractivity contribution >= 4 is 19.7 Å². The summed E-state index contributed by atoms with van der Waals surface area (Å²) in [6.07, 6.45) is 57.8. The molecule has 0 aliphatic heterocycles. The minimum absolute atomic E-state index is 0.0244. The third-order valence-electron chi connectivity index (χ3n) is 12.5. The lowest BCUT2D eigenvalue weighted by Crippen LogP contribution is -2.47. The fourth-order valence-corrected chi connectivity index (χ4v) is 8.81. The lowest BCUT2D eigenvalue weighted by Gasteiger charge is -2.30. The zero-order chi connectivity index (χ0) is 50.1. The third kappa shape index (κ3) is 49.0. The summed E-state index contributed by atoms with van der Waals surface area (Å²) in [5.74, 6) is -0.552. The second-order valence-corrected chi connectivity index (χ2v) is 21.8. The molecular weight excluding hydrogens is 868 g/mol. The topological polar surface area (TPSA) is 114 Å². The van der Waals surface area contributed by atoms with Crippen LogP contribution in [0.2, 0.25) is 0 Å². The minimum atomic E-state index is -4.69. The van der Waals surface area contributed by atoms with Gasteiger partial charge in [0.15, 0.2) is 0 Å². The Labute approximate surface area is 420 Å². The van der Waals surface area contributed by atoms with Gasteiger partial charge < -0.3 is 28.5 Å². The molecule has 3 atom stereocenters. The Morgan fingerprint density at radius 2 is 0.941 bits per heavy atom. The molecule has 0 spiro atoms. The van der Waals surface area contributed by atoms with Crippen molar-refractivity contribution in [3.05, 3.63) is 48.6 Å². The van der Waals surface area contributed by atoms with Crippen LogP contribution in [0.1, 0.15) is 258 Å². The SMILES string of the molecule is CC/C=C/C/C=C/CCCCCCCCCC(=O)OC(/C=C/CCCCCCCCCCCCC)C(COP(=O)([O-])OCC[N+](C)(C)C)NC(=O)CCCCCCCCC/C=C\CCCCCC. The van der Waals surface area contributed by atoms with Crippen LogP contribution < -0.4 is 10.2 Å². The number of esters is 1. The van der Waals surface area contributed by atoms with Gasteiger partial charge in [-0.1, -0.05) is 211 Å². The Morgan fingerprint density at radius 1 is 0.529 bits per heavy atom. The Bertz CT molecular complexity index is 1310. The third-order valence-corrected chi connectivity index (χ3v) is 13.5. The number of nitrogens with one attached hydrogen (secondary N) is 1. The van der Waals surface area contributed by atoms with Crippen LogP contribution in [0.15, 0.2) is 48.6 Å². The smallest absolute Gasteiger partial charge is 0.306 e. The number of likely N-dealkylation sites (N-methyl/N-ethyl adjacent to an activating group) is 1. The molecule has 1 N–H and O–H groups in total. The first-order chi connectivity index (χ1) is 32.9. The maximum atomic E-state index is 13.5. The van der Waals surface area contributed by atoms with Gasteiger partial charge in [0.05, 0.1) is 33.8 Å². The summed E-state index contributed by atoms with van der Waals surface area (Å²) >= 11 is 0. The number of carbonyl (C=O) groups is 2. The van der Waals surface area contributed by atoms with Gasteiger partial charge in [0.1, 0.15) is 19.3 Å². The van der Waals surface area contributed by atoms with Crippen LogP contribution in [-0.2, 0) is 27.9 Å². The molecule has 0 saturated heterocycles. The Morgan fingerprint density at radius 3 is 1.43 bits per heavy atom. The maximum Gasteiger partial charge on any atom is 0.306 e. The number of quaternary nitrogens is 1. The van der Waals surface area contributed by atoms with Crippen LogP contribution in [0.3, 0.4) is 0 Å². The zero-order valence-electron chi connectivity index (χ0n) is 45.3. The molecule has 0 heterocycles. The normalized spacial score (nSPS) is 14.2. The van der Waals surface area contributed by atoms with E-state index in [1.165, 1.54) is 128 Å². The van der Waals surface area contributed by atoms with Crippen LogP contribution >= 0.6 is 7.82 Å². The number of ether oxygens (including phenoxy) is 1. The number of carbonyl (C=O) groups excluding carboxylic acids is 2. The van der Waals surface area contributed by atoms with Crippen LogP contribution in [0.25, 0.3) is 0 Å². The molecule has 0 aromatic heterocycles. The number of phosphoric ester groups is 1. The predicted octanol–water partition coefficient (Wildman–Crippen LogP) is 16.3. The van der Waals surface area contributed by atoms with E-state index in [-0.39, 0.29) is 24.9 Å². The molecule has 3 unspecified atom stereocenters. The molecule has 0 aliphatic rings. The quantitative estimate of drug-likeness (QED) is 0.0212. The summed E-state index contributed by atoms with van der Waals surface area (Å²) in [6.45, 7) is 6.72. The van der Waals surface area contributed by atoms with Gasteiger partial charge in [0, 0.05) is 12.8 Å². The fraction of sp³-hybridized carbons (Fsp3) is 0.828. The van der Waals surface area contributed by atoms with E-state index in [2.05, 4.69) is 62.5 Å². The number of allylic oxidation sites excluding steroid dienone is 7. The summed E-state index contributed by atoms with van der Waals surface area (Å²) < 4.78 is 30.2. The number of amides is 1. The van der Waals surface area contributed by atoms with Crippen LogP contribution in [0.5, 0.6) is 0 Å². The first-order valence-corrected chi connectivity index (χ1v) is 29.9. The van der Waals surface area contributed by atoms with Crippen LogP contribution in [-0.4, -0.2) is 69.4 Å². The number of phosphoric acid groups is 1. The van der Waals surface area contributed by atoms with E-state index in [1.807, 2.05) is 33.3 Å². The van der Waals surface area contributed by atoms with Crippen molar-refractivity contribution in [3.63, 3.8) is 0 Å². The molecule has 0 aromatic carbocycles. The lowest BCUT2D eigenvalue weighted by molar-refractivity contribution is -0.870. The molecule has 0 radical (unpaired) electrons. The molecule has 0 saturated carbocycles. The molecule has 0 fully saturated rings. The van der Waals surface area contributed by atoms with E-state index in [0.29, 0.717) is 17.4 Å². The molecule has 0 aromatic rings. The number of rotatable bonds is 51. The van der Waals surface area contributed by atoms with Crippen LogP contribution in [0, 0.1) is 0 Å². The van der Waals surface area contributed by atoms with E-state index >= 15 is 0 Å². The maximum absolute atomic E-state index is 13.5. The van der Waals surface area contributed by atoms with Gasteiger partial charge in [-0.05, 0) is 83.1 Å². The summed E-state index contributed by atoms with van der Waals surface area (Å²) in [7, 11) is 1.18. The van der Waals surface area contributed by atoms with Crippen LogP contribution in [0.4, 0.5) is 0 Å². The highest BCUT2D eigenvalue weighted by Crippen LogP contribution is 2.38. The molecular formula is C58H109N2O7P. The molecule has 9 nitrogen and oxygen atoms in total. The predicted molar refractivity (Wildman–Crippen MR) is 289 cm³/mol. The van der Waals surface area contributed by atoms with E-state index in [0.717, 1.165) is 96.3 Å². The Hall–Kier alpha value is -2.03. The van der Waals surface area contributed by atoms with Gasteiger partial charge in [-0.15, -0.1) is 0 Å². The van der Waals surface area contributed by atoms with Gasteiger partial charge in [0.25, 0.3) is 7.82 Å². The standard InChI is InChI=1S/C58H109N2O7P/c1-7-10-13-16-19-22-25-28-30-32-35-38-41-44-47-50-57(61)59-55(54-66-68(63,64)65-53-52-60(4,5)6)56(49-46-43-40-37-34-31-27-24-21-18-15-12-9-3)67-58(62)51-48-45-42-39-36-33-29-26-23-20-17-14-11-8-2/h11,14,20,22-23,25,46,49,55-56H,7-10,12-13,15-19,21,24,26-45,47-48,50-54H2,1-6H3,(H-,59,61,63,64)/b14-11+,23-20+,25-22-,49-46+. The minimum Gasteiger partial charge on any atom is -0.756 e. The van der Waals surface area contributed by atoms with Gasteiger partial charge in [-0.2, -0.15) is 0 Å². The van der Waals surface area contributed by atoms with Crippen molar-refractivity contribution in [2.24, 2.45) is 0 Å². The second kappa shape index (κ2) is 48.6. The summed E-state index contributed by atoms with van der Waals surface area (Å²) in [4.78, 5) is 39.8. The van der Waals surface area contributed by atoms with Gasteiger partial charge in [-0.3, -0.25) is 14.2 Å². The highest BCUT2D eigenvalue weighted by atomic mass is 31.2. The summed E-state index contributed by atoms with van der Waals surface area (Å²) in [5.41, 5.74) is 0. The van der Waals surface area contributed by atoms with E-state index < -0.39 is 26.6 Å². The Kier molecular flexibility index (Phi) is 47.1. The second-order valence-electron chi connectivity index (χ2n) is 20.4. The number of hydrogen-bond donors (Lipinski definition) is 1. The van der Waals surface area contributed by atoms with E-state index in [1.54, 1.807) is 0 Å². The molecule has 10 heteroatoms. The van der Waals surface area contributed by atoms with Gasteiger partial charge >= 0.3 is 5.97 Å². The van der Waals surface area contributed by atoms with Gasteiger partial charge in [-0.25, -0.2) is 0 Å². The Balaban J connectivity index is 5.39. The van der Waals surface area contributed by atoms with E-state index in [4.69, 9.17) is 13.8 Å². The highest BCUT2D eigenvalue weighted by Gasteiger charge is 2.27. The zero-order valence-corrected chi connectivity index (χ0v) is 46.2. The largest absolute Gasteiger partial charge is 0.756 e. The monoisotopic (exact) mass is 977 g/mol. The number of nitrogens with zero attached hydrogens (tertiary/aromatic N) is 1. The van der Waals surface area contributed by atoms with Crippen molar-refractivity contribution in [2.75, 3.05) is 40.9 Å². The average Bonchev–Trinajstić information content (AvgIpc) is 3.29. The van der Waals surface area contributed by atoms with Crippen molar-refractivity contribution in [2.45, 2.75) is 270 Å². The molecule has 0 rings (SSSR count). The highest BCUT2D eigenvalue weighted by molar-refractivity contribution is 7.45. The molecule has 398 valence electrons. The average molecular weight is 977 g/mol. The van der Waals surface area contributed by atoms with Crippen molar-refractivity contribution in [1.82, 2.24) is 5.32 Å². The molecule has 0 bridgehead atoms. The van der Waals surface area contributed by atoms with Crippen molar-refractivity contribution in [3.8, 4) is 0 Å².